The van der Waals surface area contributed by atoms with Crippen LogP contribution in [0.15, 0.2) is 70.5 Å². The molecule has 130 valence electrons. The van der Waals surface area contributed by atoms with Gasteiger partial charge in [-0.3, -0.25) is 0 Å². The largest absolute Gasteiger partial charge is 0.378 e. The molecule has 0 heterocycles. The molecule has 3 rings (SSSR count). The second kappa shape index (κ2) is 6.33. The summed E-state index contributed by atoms with van der Waals surface area (Å²) in [5.74, 6) is -0.0992. The summed E-state index contributed by atoms with van der Waals surface area (Å²) in [6, 6.07) is 15.3. The van der Waals surface area contributed by atoms with Crippen LogP contribution < -0.4 is 4.18 Å². The molecule has 0 unspecified atom stereocenters. The number of fused-ring (bicyclic) bond motifs is 1. The lowest BCUT2D eigenvalue weighted by Gasteiger charge is -2.11. The Morgan fingerprint density at radius 2 is 1.48 bits per heavy atom. The van der Waals surface area contributed by atoms with Crippen LogP contribution in [-0.2, 0) is 19.2 Å². The van der Waals surface area contributed by atoms with Gasteiger partial charge < -0.3 is 4.18 Å². The number of hydrogen-bond donors (Lipinski definition) is 0. The first kappa shape index (κ1) is 17.7. The normalized spacial score (nSPS) is 12.2. The maximum Gasteiger partial charge on any atom is 0.339 e. The van der Waals surface area contributed by atoms with Gasteiger partial charge in [-0.2, -0.15) is 8.42 Å². The third kappa shape index (κ3) is 3.78. The summed E-state index contributed by atoms with van der Waals surface area (Å²) in [6.07, 6.45) is 0. The monoisotopic (exact) mass is 396 g/mol. The second-order valence-electron chi connectivity index (χ2n) is 5.43. The first-order chi connectivity index (χ1) is 11.7. The van der Waals surface area contributed by atoms with Crippen LogP contribution >= 0.6 is 10.7 Å². The summed E-state index contributed by atoms with van der Waals surface area (Å²) >= 11 is 0. The summed E-state index contributed by atoms with van der Waals surface area (Å²) in [4.78, 5) is -0.261. The van der Waals surface area contributed by atoms with Crippen molar-refractivity contribution in [1.82, 2.24) is 0 Å². The topological polar surface area (TPSA) is 77.5 Å². The number of aryl methyl sites for hydroxylation is 1. The van der Waals surface area contributed by atoms with E-state index in [4.69, 9.17) is 14.9 Å². The Hall–Kier alpha value is -2.09. The fraction of sp³-hybridized carbons (Fsp3) is 0.0588. The second-order valence-corrected chi connectivity index (χ2v) is 9.54. The Balaban J connectivity index is 2.16. The van der Waals surface area contributed by atoms with Crippen molar-refractivity contribution in [1.29, 1.82) is 0 Å². The van der Waals surface area contributed by atoms with E-state index in [2.05, 4.69) is 0 Å². The zero-order valence-electron chi connectivity index (χ0n) is 13.0. The van der Waals surface area contributed by atoms with Crippen LogP contribution in [0.5, 0.6) is 5.75 Å². The van der Waals surface area contributed by atoms with Crippen LogP contribution in [0.4, 0.5) is 0 Å². The Kier molecular flexibility index (Phi) is 4.49. The SMILES string of the molecule is Cc1ccc(S(=O)(=O)Oc2cc(S(=O)(=O)Cl)cc3ccccc23)cc1. The predicted octanol–water partition coefficient (Wildman–Crippen LogP) is 3.84. The molecule has 8 heteroatoms. The molecule has 0 bridgehead atoms. The average molecular weight is 397 g/mol. The van der Waals surface area contributed by atoms with Gasteiger partial charge in [0.1, 0.15) is 4.90 Å². The van der Waals surface area contributed by atoms with Gasteiger partial charge in [-0.1, -0.05) is 42.0 Å². The minimum absolute atomic E-state index is 0.0266. The third-order valence-electron chi connectivity index (χ3n) is 3.59. The minimum Gasteiger partial charge on any atom is -0.378 e. The van der Waals surface area contributed by atoms with Gasteiger partial charge in [0, 0.05) is 22.1 Å². The average Bonchev–Trinajstić information content (AvgIpc) is 2.54. The predicted molar refractivity (Wildman–Crippen MR) is 96.0 cm³/mol. The Bertz CT molecular complexity index is 1150. The van der Waals surface area contributed by atoms with Gasteiger partial charge in [-0.15, -0.1) is 0 Å². The van der Waals surface area contributed by atoms with Gasteiger partial charge in [0.25, 0.3) is 9.05 Å². The highest BCUT2D eigenvalue weighted by Gasteiger charge is 2.21. The summed E-state index contributed by atoms with van der Waals surface area (Å²) in [5.41, 5.74) is 0.902. The van der Waals surface area contributed by atoms with Crippen molar-refractivity contribution < 1.29 is 21.0 Å². The van der Waals surface area contributed by atoms with E-state index in [1.165, 1.54) is 18.2 Å². The highest BCUT2D eigenvalue weighted by molar-refractivity contribution is 8.13. The molecule has 0 aliphatic heterocycles. The number of hydrogen-bond acceptors (Lipinski definition) is 5. The molecular formula is C17H13ClO5S2. The standard InChI is InChI=1S/C17H13ClO5S2/c1-12-6-8-14(9-7-12)25(21,22)23-17-11-15(24(18,19)20)10-13-4-2-3-5-16(13)17/h2-11H,1H3. The molecular weight excluding hydrogens is 384 g/mol. The van der Waals surface area contributed by atoms with E-state index in [0.717, 1.165) is 11.6 Å². The molecule has 25 heavy (non-hydrogen) atoms. The van der Waals surface area contributed by atoms with E-state index in [1.54, 1.807) is 36.4 Å². The molecule has 0 fully saturated rings. The third-order valence-corrected chi connectivity index (χ3v) is 6.17. The maximum atomic E-state index is 12.5. The summed E-state index contributed by atoms with van der Waals surface area (Å²) in [5, 5.41) is 0.959. The summed E-state index contributed by atoms with van der Waals surface area (Å²) in [7, 11) is -2.76. The fourth-order valence-corrected chi connectivity index (χ4v) is 4.05. The van der Waals surface area contributed by atoms with E-state index in [1.807, 2.05) is 6.92 Å². The first-order valence-corrected chi connectivity index (χ1v) is 10.9. The quantitative estimate of drug-likeness (QED) is 0.494. The van der Waals surface area contributed by atoms with E-state index in [0.29, 0.717) is 10.8 Å². The van der Waals surface area contributed by atoms with Crippen LogP contribution in [0.3, 0.4) is 0 Å². The molecule has 5 nitrogen and oxygen atoms in total. The van der Waals surface area contributed by atoms with Gasteiger partial charge in [0.05, 0.1) is 4.90 Å². The van der Waals surface area contributed by atoms with Gasteiger partial charge in [-0.05, 0) is 30.5 Å². The molecule has 0 saturated heterocycles. The van der Waals surface area contributed by atoms with E-state index < -0.39 is 19.2 Å². The van der Waals surface area contributed by atoms with Crippen LogP contribution in [0.1, 0.15) is 5.56 Å². The van der Waals surface area contributed by atoms with Gasteiger partial charge in [0.15, 0.2) is 5.75 Å². The Morgan fingerprint density at radius 3 is 2.12 bits per heavy atom. The van der Waals surface area contributed by atoms with Gasteiger partial charge in [-0.25, -0.2) is 8.42 Å². The molecule has 0 radical (unpaired) electrons. The molecule has 0 amide bonds. The molecule has 0 saturated carbocycles. The van der Waals surface area contributed by atoms with Crippen LogP contribution in [0, 0.1) is 6.92 Å². The van der Waals surface area contributed by atoms with Crippen LogP contribution in [0.2, 0.25) is 0 Å². The summed E-state index contributed by atoms with van der Waals surface area (Å²) < 4.78 is 53.6. The van der Waals surface area contributed by atoms with Crippen molar-refractivity contribution in [2.45, 2.75) is 16.7 Å². The zero-order chi connectivity index (χ0) is 18.2. The van der Waals surface area contributed by atoms with E-state index in [-0.39, 0.29) is 15.5 Å². The highest BCUT2D eigenvalue weighted by Crippen LogP contribution is 2.32. The Labute approximate surface area is 150 Å². The lowest BCUT2D eigenvalue weighted by atomic mass is 10.1. The maximum absolute atomic E-state index is 12.5. The molecule has 0 aromatic heterocycles. The number of benzene rings is 3. The molecule has 0 aliphatic rings. The van der Waals surface area contributed by atoms with E-state index in [9.17, 15) is 16.8 Å². The van der Waals surface area contributed by atoms with Gasteiger partial charge in [0.2, 0.25) is 0 Å². The number of halogens is 1. The van der Waals surface area contributed by atoms with Crippen LogP contribution in [-0.4, -0.2) is 16.8 Å². The molecule has 0 atom stereocenters. The van der Waals surface area contributed by atoms with Crippen molar-refractivity contribution in [3.05, 3.63) is 66.2 Å². The molecule has 0 aliphatic carbocycles. The molecule has 3 aromatic rings. The minimum atomic E-state index is -4.12. The summed E-state index contributed by atoms with van der Waals surface area (Å²) in [6.45, 7) is 1.83. The number of rotatable bonds is 4. The fourth-order valence-electron chi connectivity index (χ4n) is 2.33. The van der Waals surface area contributed by atoms with Crippen molar-refractivity contribution in [3.63, 3.8) is 0 Å². The van der Waals surface area contributed by atoms with Crippen LogP contribution in [0.25, 0.3) is 10.8 Å². The Morgan fingerprint density at radius 1 is 0.840 bits per heavy atom. The van der Waals surface area contributed by atoms with Crippen molar-refractivity contribution >= 4 is 40.6 Å². The molecule has 0 spiro atoms. The first-order valence-electron chi connectivity index (χ1n) is 7.15. The van der Waals surface area contributed by atoms with Gasteiger partial charge >= 0.3 is 10.1 Å². The van der Waals surface area contributed by atoms with Crippen molar-refractivity contribution in [2.75, 3.05) is 0 Å². The van der Waals surface area contributed by atoms with E-state index >= 15 is 0 Å². The zero-order valence-corrected chi connectivity index (χ0v) is 15.4. The molecule has 0 N–H and O–H groups in total. The molecule has 3 aromatic carbocycles. The van der Waals surface area contributed by atoms with Crippen molar-refractivity contribution in [3.8, 4) is 5.75 Å². The lowest BCUT2D eigenvalue weighted by Crippen LogP contribution is -2.10. The highest BCUT2D eigenvalue weighted by atomic mass is 35.7. The van der Waals surface area contributed by atoms with Crippen molar-refractivity contribution in [2.24, 2.45) is 0 Å². The lowest BCUT2D eigenvalue weighted by molar-refractivity contribution is 0.488. The smallest absolute Gasteiger partial charge is 0.339 e.